The van der Waals surface area contributed by atoms with Crippen molar-refractivity contribution in [3.8, 4) is 0 Å². The van der Waals surface area contributed by atoms with Gasteiger partial charge in [-0.2, -0.15) is 0 Å². The largest absolute Gasteiger partial charge is 0.295 e. The molecule has 1 nitrogen and oxygen atoms in total. The Labute approximate surface area is 78.4 Å². The number of rotatable bonds is 5. The van der Waals surface area contributed by atoms with Crippen LogP contribution in [0.5, 0.6) is 0 Å². The third kappa shape index (κ3) is 7.29. The Morgan fingerprint density at radius 2 is 1.92 bits per heavy atom. The molecule has 2 heteroatoms. The van der Waals surface area contributed by atoms with E-state index in [1.54, 1.807) is 30.4 Å². The van der Waals surface area contributed by atoms with Crippen molar-refractivity contribution in [2.75, 3.05) is 0 Å². The molecule has 0 heterocycles. The van der Waals surface area contributed by atoms with Crippen LogP contribution in [0.2, 0.25) is 0 Å². The summed E-state index contributed by atoms with van der Waals surface area (Å²) in [6, 6.07) is 0. The molecular formula is C10H13ClO. The first-order chi connectivity index (χ1) is 5.81. The molecule has 0 amide bonds. The maximum Gasteiger partial charge on any atom is 0.155 e. The Hall–Kier alpha value is -0.820. The number of carbonyl (C=O) groups excluding carboxylic acids is 1. The van der Waals surface area contributed by atoms with Gasteiger partial charge in [0.15, 0.2) is 5.78 Å². The normalized spacial score (nSPS) is 12.2. The molecular weight excluding hydrogens is 172 g/mol. The summed E-state index contributed by atoms with van der Waals surface area (Å²) in [5.41, 5.74) is 1.41. The number of hydrogen-bond acceptors (Lipinski definition) is 1. The summed E-state index contributed by atoms with van der Waals surface area (Å²) in [7, 11) is 0. The highest BCUT2D eigenvalue weighted by Gasteiger charge is 1.89. The second-order valence-electron chi connectivity index (χ2n) is 2.28. The van der Waals surface area contributed by atoms with Gasteiger partial charge in [-0.1, -0.05) is 42.8 Å². The average Bonchev–Trinajstić information content (AvgIpc) is 2.05. The Bertz CT molecular complexity index is 202. The molecule has 0 rings (SSSR count). The molecule has 0 aliphatic heterocycles. The number of ketones is 1. The second kappa shape index (κ2) is 8.28. The molecule has 0 aliphatic carbocycles. The molecule has 0 atom stereocenters. The van der Waals surface area contributed by atoms with Gasteiger partial charge in [-0.25, -0.2) is 0 Å². The fraction of sp³-hybridized carbons (Fsp3) is 0.300. The van der Waals surface area contributed by atoms with Crippen LogP contribution >= 0.6 is 11.6 Å². The van der Waals surface area contributed by atoms with E-state index in [2.05, 4.69) is 0 Å². The summed E-state index contributed by atoms with van der Waals surface area (Å²) >= 11 is 5.27. The maximum absolute atomic E-state index is 10.9. The van der Waals surface area contributed by atoms with Crippen LogP contribution in [-0.4, -0.2) is 5.78 Å². The van der Waals surface area contributed by atoms with Crippen molar-refractivity contribution in [3.63, 3.8) is 0 Å². The van der Waals surface area contributed by atoms with Gasteiger partial charge in [-0.15, -0.1) is 0 Å². The van der Waals surface area contributed by atoms with Crippen molar-refractivity contribution < 1.29 is 4.79 Å². The summed E-state index contributed by atoms with van der Waals surface area (Å²) in [6.45, 7) is 1.98. The van der Waals surface area contributed by atoms with Gasteiger partial charge in [0, 0.05) is 12.0 Å². The summed E-state index contributed by atoms with van der Waals surface area (Å²) in [5.74, 6) is 0.164. The standard InChI is InChI=1S/C10H13ClO/c1-2-7-10(12)8-5-3-4-6-9-11/h3-6,8-9H,2,7H2,1H3/b4-3+,8-5+,9-6-. The Morgan fingerprint density at radius 1 is 1.25 bits per heavy atom. The van der Waals surface area contributed by atoms with Crippen LogP contribution in [0, 0.1) is 0 Å². The highest BCUT2D eigenvalue weighted by atomic mass is 35.5. The Kier molecular flexibility index (Phi) is 7.71. The molecule has 0 spiro atoms. The molecule has 66 valence electrons. The van der Waals surface area contributed by atoms with Crippen LogP contribution in [0.25, 0.3) is 0 Å². The van der Waals surface area contributed by atoms with Gasteiger partial charge in [-0.3, -0.25) is 4.79 Å². The van der Waals surface area contributed by atoms with E-state index in [1.807, 2.05) is 6.92 Å². The second-order valence-corrected chi connectivity index (χ2v) is 2.53. The van der Waals surface area contributed by atoms with Crippen molar-refractivity contribution in [1.82, 2.24) is 0 Å². The van der Waals surface area contributed by atoms with E-state index in [4.69, 9.17) is 11.6 Å². The van der Waals surface area contributed by atoms with Gasteiger partial charge in [0.05, 0.1) is 0 Å². The third-order valence-corrected chi connectivity index (χ3v) is 1.33. The van der Waals surface area contributed by atoms with Crippen LogP contribution < -0.4 is 0 Å². The highest BCUT2D eigenvalue weighted by molar-refractivity contribution is 6.25. The van der Waals surface area contributed by atoms with Gasteiger partial charge in [-0.05, 0) is 12.5 Å². The first-order valence-electron chi connectivity index (χ1n) is 3.94. The molecule has 0 saturated carbocycles. The summed E-state index contributed by atoms with van der Waals surface area (Å²) in [4.78, 5) is 10.9. The smallest absolute Gasteiger partial charge is 0.155 e. The van der Waals surface area contributed by atoms with E-state index in [-0.39, 0.29) is 5.78 Å². The predicted molar refractivity (Wildman–Crippen MR) is 53.2 cm³/mol. The van der Waals surface area contributed by atoms with Crippen molar-refractivity contribution >= 4 is 17.4 Å². The number of halogens is 1. The number of hydrogen-bond donors (Lipinski definition) is 0. The Balaban J connectivity index is 3.67. The van der Waals surface area contributed by atoms with E-state index in [1.165, 1.54) is 5.54 Å². The monoisotopic (exact) mass is 184 g/mol. The van der Waals surface area contributed by atoms with Crippen LogP contribution in [0.1, 0.15) is 19.8 Å². The molecule has 0 radical (unpaired) electrons. The zero-order chi connectivity index (χ0) is 9.23. The molecule has 0 saturated heterocycles. The molecule has 0 unspecified atom stereocenters. The SMILES string of the molecule is CCCC(=O)/C=C/C=C/C=C\Cl. The van der Waals surface area contributed by atoms with Crippen molar-refractivity contribution in [2.24, 2.45) is 0 Å². The van der Waals surface area contributed by atoms with Crippen LogP contribution in [0.15, 0.2) is 35.9 Å². The average molecular weight is 185 g/mol. The van der Waals surface area contributed by atoms with Gasteiger partial charge >= 0.3 is 0 Å². The topological polar surface area (TPSA) is 17.1 Å². The highest BCUT2D eigenvalue weighted by Crippen LogP contribution is 1.91. The van der Waals surface area contributed by atoms with E-state index in [0.29, 0.717) is 6.42 Å². The first kappa shape index (κ1) is 11.2. The van der Waals surface area contributed by atoms with Crippen LogP contribution in [0.4, 0.5) is 0 Å². The zero-order valence-electron chi connectivity index (χ0n) is 7.16. The lowest BCUT2D eigenvalue weighted by Gasteiger charge is -1.85. The molecule has 12 heavy (non-hydrogen) atoms. The van der Waals surface area contributed by atoms with Gasteiger partial charge in [0.2, 0.25) is 0 Å². The van der Waals surface area contributed by atoms with Crippen LogP contribution in [-0.2, 0) is 4.79 Å². The molecule has 0 fully saturated rings. The molecule has 0 aromatic carbocycles. The lowest BCUT2D eigenvalue weighted by Crippen LogP contribution is -1.88. The third-order valence-electron chi connectivity index (χ3n) is 1.18. The predicted octanol–water partition coefficient (Wildman–Crippen LogP) is 3.22. The fourth-order valence-corrected chi connectivity index (χ4v) is 0.747. The minimum atomic E-state index is 0.164. The van der Waals surface area contributed by atoms with Crippen molar-refractivity contribution in [3.05, 3.63) is 35.9 Å². The van der Waals surface area contributed by atoms with Gasteiger partial charge < -0.3 is 0 Å². The van der Waals surface area contributed by atoms with Gasteiger partial charge in [0.1, 0.15) is 0 Å². The van der Waals surface area contributed by atoms with E-state index in [9.17, 15) is 4.79 Å². The summed E-state index contributed by atoms with van der Waals surface area (Å²) in [6.07, 6.45) is 10.0. The van der Waals surface area contributed by atoms with E-state index < -0.39 is 0 Å². The van der Waals surface area contributed by atoms with E-state index in [0.717, 1.165) is 6.42 Å². The Morgan fingerprint density at radius 3 is 2.50 bits per heavy atom. The van der Waals surface area contributed by atoms with Gasteiger partial charge in [0.25, 0.3) is 0 Å². The molecule has 0 bridgehead atoms. The lowest BCUT2D eigenvalue weighted by molar-refractivity contribution is -0.114. The maximum atomic E-state index is 10.9. The fourth-order valence-electron chi connectivity index (χ4n) is 0.663. The molecule has 0 aromatic rings. The van der Waals surface area contributed by atoms with Crippen LogP contribution in [0.3, 0.4) is 0 Å². The molecule has 0 aromatic heterocycles. The molecule has 0 N–H and O–H groups in total. The summed E-state index contributed by atoms with van der Waals surface area (Å²) in [5, 5.41) is 0. The molecule has 0 aliphatic rings. The minimum absolute atomic E-state index is 0.164. The zero-order valence-corrected chi connectivity index (χ0v) is 7.92. The van der Waals surface area contributed by atoms with E-state index >= 15 is 0 Å². The first-order valence-corrected chi connectivity index (χ1v) is 4.37. The van der Waals surface area contributed by atoms with Crippen molar-refractivity contribution in [1.29, 1.82) is 0 Å². The summed E-state index contributed by atoms with van der Waals surface area (Å²) < 4.78 is 0. The number of carbonyl (C=O) groups is 1. The minimum Gasteiger partial charge on any atom is -0.295 e. The quantitative estimate of drug-likeness (QED) is 0.474. The number of allylic oxidation sites excluding steroid dienone is 5. The van der Waals surface area contributed by atoms with Crippen molar-refractivity contribution in [2.45, 2.75) is 19.8 Å². The lowest BCUT2D eigenvalue weighted by atomic mass is 10.2.